The Morgan fingerprint density at radius 3 is 2.44 bits per heavy atom. The molecule has 0 aliphatic carbocycles. The van der Waals surface area contributed by atoms with E-state index < -0.39 is 21.7 Å². The van der Waals surface area contributed by atoms with Crippen LogP contribution in [-0.2, 0) is 38.1 Å². The zero-order valence-corrected chi connectivity index (χ0v) is 22.7. The third-order valence-electron chi connectivity index (χ3n) is 7.65. The molecule has 1 N–H and O–H groups in total. The average molecular weight is 552 g/mol. The minimum atomic E-state index is -3.82. The van der Waals surface area contributed by atoms with E-state index in [1.807, 2.05) is 30.3 Å². The summed E-state index contributed by atoms with van der Waals surface area (Å²) in [7, 11) is -2.29. The number of fused-ring (bicyclic) bond motifs is 1. The molecule has 5 rings (SSSR count). The molecule has 1 aromatic heterocycles. The summed E-state index contributed by atoms with van der Waals surface area (Å²) in [5.41, 5.74) is 1.78. The first-order chi connectivity index (χ1) is 18.8. The monoisotopic (exact) mass is 551 g/mol. The number of rotatable bonds is 8. The summed E-state index contributed by atoms with van der Waals surface area (Å²) in [6, 6.07) is 17.3. The van der Waals surface area contributed by atoms with Gasteiger partial charge in [0, 0.05) is 37.6 Å². The summed E-state index contributed by atoms with van der Waals surface area (Å²) in [4.78, 5) is 18.9. The maximum atomic E-state index is 13.7. The molecule has 0 spiro atoms. The van der Waals surface area contributed by atoms with E-state index in [0.29, 0.717) is 38.1 Å². The minimum Gasteiger partial charge on any atom is -0.497 e. The van der Waals surface area contributed by atoms with Gasteiger partial charge in [-0.05, 0) is 60.7 Å². The lowest BCUT2D eigenvalue weighted by Crippen LogP contribution is -2.48. The van der Waals surface area contributed by atoms with Crippen LogP contribution in [0.4, 0.5) is 0 Å². The summed E-state index contributed by atoms with van der Waals surface area (Å²) in [5.74, 6) is 0.400. The molecule has 1 amide bonds. The second-order valence-electron chi connectivity index (χ2n) is 10.0. The zero-order chi connectivity index (χ0) is 27.5. The van der Waals surface area contributed by atoms with E-state index in [1.165, 1.54) is 11.4 Å². The van der Waals surface area contributed by atoms with Crippen molar-refractivity contribution in [3.63, 3.8) is 0 Å². The molecule has 2 aromatic carbocycles. The van der Waals surface area contributed by atoms with Crippen molar-refractivity contribution in [3.05, 3.63) is 89.7 Å². The molecule has 0 saturated carbocycles. The molecule has 9 nitrogen and oxygen atoms in total. The van der Waals surface area contributed by atoms with Crippen LogP contribution in [0.3, 0.4) is 0 Å². The topological polar surface area (TPSA) is 109 Å². The quantitative estimate of drug-likeness (QED) is 0.459. The number of piperidine rings is 1. The van der Waals surface area contributed by atoms with E-state index in [9.17, 15) is 18.3 Å². The zero-order valence-electron chi connectivity index (χ0n) is 21.9. The van der Waals surface area contributed by atoms with Crippen LogP contribution in [0.2, 0.25) is 0 Å². The number of carbonyl (C=O) groups is 1. The number of pyridine rings is 1. The largest absolute Gasteiger partial charge is 0.497 e. The molecule has 0 radical (unpaired) electrons. The Balaban J connectivity index is 1.23. The van der Waals surface area contributed by atoms with Gasteiger partial charge < -0.3 is 19.5 Å². The summed E-state index contributed by atoms with van der Waals surface area (Å²) in [6.07, 6.45) is 4.64. The van der Waals surface area contributed by atoms with Gasteiger partial charge in [-0.15, -0.1) is 0 Å². The van der Waals surface area contributed by atoms with Gasteiger partial charge in [0.2, 0.25) is 15.9 Å². The fraction of sp³-hybridized carbons (Fsp3) is 0.379. The number of nitrogens with zero attached hydrogens (tertiary/aromatic N) is 3. The van der Waals surface area contributed by atoms with Crippen molar-refractivity contribution in [2.45, 2.75) is 42.3 Å². The lowest BCUT2D eigenvalue weighted by atomic mass is 9.85. The smallest absolute Gasteiger partial charge is 0.248 e. The fourth-order valence-corrected chi connectivity index (χ4v) is 6.88. The molecule has 1 atom stereocenters. The maximum absolute atomic E-state index is 13.7. The third-order valence-corrected chi connectivity index (χ3v) is 9.56. The highest BCUT2D eigenvalue weighted by molar-refractivity contribution is 7.89. The van der Waals surface area contributed by atoms with E-state index in [-0.39, 0.29) is 30.6 Å². The molecule has 39 heavy (non-hydrogen) atoms. The molecule has 2 aliphatic rings. The highest BCUT2D eigenvalue weighted by Crippen LogP contribution is 2.33. The van der Waals surface area contributed by atoms with Gasteiger partial charge in [-0.1, -0.05) is 30.3 Å². The number of carbonyl (C=O) groups excluding carboxylic acids is 1. The molecule has 1 saturated heterocycles. The number of benzene rings is 2. The molecule has 1 unspecified atom stereocenters. The van der Waals surface area contributed by atoms with Crippen LogP contribution in [-0.4, -0.2) is 73.1 Å². The standard InChI is InChI=1S/C29H33N3O6S/c1-37-26-8-10-27(11-9-26)39(35,36)32-19-23-6-3-2-5-22(23)17-25(32)20-38-21-28(33)31-15-12-29(34,13-16-31)24-7-4-14-30-18-24/h2-11,14,18,25,34H,12-13,15-17,19-21H2,1H3. The summed E-state index contributed by atoms with van der Waals surface area (Å²) in [5, 5.41) is 11.0. The van der Waals surface area contributed by atoms with E-state index >= 15 is 0 Å². The molecule has 206 valence electrons. The fourth-order valence-electron chi connectivity index (χ4n) is 5.30. The predicted molar refractivity (Wildman–Crippen MR) is 144 cm³/mol. The molecule has 10 heteroatoms. The Kier molecular flexibility index (Phi) is 7.99. The number of amides is 1. The summed E-state index contributed by atoms with van der Waals surface area (Å²) in [6.45, 7) is 0.971. The maximum Gasteiger partial charge on any atom is 0.248 e. The number of methoxy groups -OCH3 is 1. The SMILES string of the molecule is COc1ccc(S(=O)(=O)N2Cc3ccccc3CC2COCC(=O)N2CCC(O)(c3cccnc3)CC2)cc1. The Hall–Kier alpha value is -3.31. The van der Waals surface area contributed by atoms with Gasteiger partial charge in [-0.25, -0.2) is 8.42 Å². The number of likely N-dealkylation sites (tertiary alicyclic amines) is 1. The van der Waals surface area contributed by atoms with Crippen molar-refractivity contribution in [3.8, 4) is 5.75 Å². The van der Waals surface area contributed by atoms with Crippen LogP contribution < -0.4 is 4.74 Å². The van der Waals surface area contributed by atoms with Crippen LogP contribution >= 0.6 is 0 Å². The van der Waals surface area contributed by atoms with E-state index in [0.717, 1.165) is 16.7 Å². The van der Waals surface area contributed by atoms with Crippen LogP contribution in [0.5, 0.6) is 5.75 Å². The number of aliphatic hydroxyl groups is 1. The van der Waals surface area contributed by atoms with Gasteiger partial charge in [0.05, 0.1) is 30.3 Å². The Morgan fingerprint density at radius 1 is 1.05 bits per heavy atom. The number of hydrogen-bond donors (Lipinski definition) is 1. The molecular formula is C29H33N3O6S. The summed E-state index contributed by atoms with van der Waals surface area (Å²) < 4.78 is 39.8. The van der Waals surface area contributed by atoms with Crippen LogP contribution in [0, 0.1) is 0 Å². The first kappa shape index (κ1) is 27.3. The van der Waals surface area contributed by atoms with Crippen molar-refractivity contribution < 1.29 is 27.8 Å². The molecule has 0 bridgehead atoms. The van der Waals surface area contributed by atoms with Crippen molar-refractivity contribution >= 4 is 15.9 Å². The average Bonchev–Trinajstić information content (AvgIpc) is 2.97. The second-order valence-corrected chi connectivity index (χ2v) is 11.9. The summed E-state index contributed by atoms with van der Waals surface area (Å²) >= 11 is 0. The first-order valence-electron chi connectivity index (χ1n) is 13.0. The van der Waals surface area contributed by atoms with Gasteiger partial charge >= 0.3 is 0 Å². The lowest BCUT2D eigenvalue weighted by molar-refractivity contribution is -0.141. The van der Waals surface area contributed by atoms with Crippen molar-refractivity contribution in [1.29, 1.82) is 0 Å². The second kappa shape index (κ2) is 11.4. The van der Waals surface area contributed by atoms with E-state index in [1.54, 1.807) is 47.6 Å². The highest BCUT2D eigenvalue weighted by Gasteiger charge is 2.37. The minimum absolute atomic E-state index is 0.0862. The van der Waals surface area contributed by atoms with E-state index in [2.05, 4.69) is 4.98 Å². The van der Waals surface area contributed by atoms with Gasteiger partial charge in [-0.3, -0.25) is 9.78 Å². The number of hydrogen-bond acceptors (Lipinski definition) is 7. The van der Waals surface area contributed by atoms with Gasteiger partial charge in [-0.2, -0.15) is 4.31 Å². The lowest BCUT2D eigenvalue weighted by Gasteiger charge is -2.38. The van der Waals surface area contributed by atoms with Crippen LogP contribution in [0.15, 0.2) is 78.0 Å². The molecule has 2 aliphatic heterocycles. The molecule has 1 fully saturated rings. The molecular weight excluding hydrogens is 518 g/mol. The van der Waals surface area contributed by atoms with Gasteiger partial charge in [0.15, 0.2) is 0 Å². The Bertz CT molecular complexity index is 1390. The van der Waals surface area contributed by atoms with Gasteiger partial charge in [0.1, 0.15) is 12.4 Å². The normalized spacial score (nSPS) is 19.3. The number of sulfonamides is 1. The number of aromatic nitrogens is 1. The molecule has 3 aromatic rings. The van der Waals surface area contributed by atoms with Crippen LogP contribution in [0.1, 0.15) is 29.5 Å². The van der Waals surface area contributed by atoms with Crippen LogP contribution in [0.25, 0.3) is 0 Å². The first-order valence-corrected chi connectivity index (χ1v) is 14.5. The number of ether oxygens (including phenoxy) is 2. The van der Waals surface area contributed by atoms with Crippen molar-refractivity contribution in [1.82, 2.24) is 14.2 Å². The van der Waals surface area contributed by atoms with E-state index in [4.69, 9.17) is 9.47 Å². The predicted octanol–water partition coefficient (Wildman–Crippen LogP) is 2.73. The third kappa shape index (κ3) is 5.84. The Labute approximate surface area is 229 Å². The van der Waals surface area contributed by atoms with Gasteiger partial charge in [0.25, 0.3) is 0 Å². The van der Waals surface area contributed by atoms with Crippen molar-refractivity contribution in [2.24, 2.45) is 0 Å². The Morgan fingerprint density at radius 2 is 1.77 bits per heavy atom. The highest BCUT2D eigenvalue weighted by atomic mass is 32.2. The molecule has 3 heterocycles. The van der Waals surface area contributed by atoms with Crippen molar-refractivity contribution in [2.75, 3.05) is 33.4 Å².